The summed E-state index contributed by atoms with van der Waals surface area (Å²) in [5.41, 5.74) is 0. The summed E-state index contributed by atoms with van der Waals surface area (Å²) in [6, 6.07) is 0. The van der Waals surface area contributed by atoms with Crippen LogP contribution in [0.3, 0.4) is 0 Å². The van der Waals surface area contributed by atoms with Crippen molar-refractivity contribution in [3.63, 3.8) is 0 Å². The second kappa shape index (κ2) is 11.8. The van der Waals surface area contributed by atoms with Gasteiger partial charge in [0.05, 0.1) is 0 Å². The third-order valence-corrected chi connectivity index (χ3v) is 0. The van der Waals surface area contributed by atoms with Crippen LogP contribution < -0.4 is 23.0 Å². The molecule has 1 unspecified atom stereocenters. The molecule has 6 nitrogen and oxygen atoms in total. The molecule has 0 bridgehead atoms. The fourth-order valence-corrected chi connectivity index (χ4v) is 0. The Bertz CT molecular complexity index is 124. The summed E-state index contributed by atoms with van der Waals surface area (Å²) in [5.74, 6) is 0. The van der Waals surface area contributed by atoms with Gasteiger partial charge in [-0.1, -0.05) is 0 Å². The van der Waals surface area contributed by atoms with Crippen molar-refractivity contribution in [1.29, 1.82) is 4.29 Å². The van der Waals surface area contributed by atoms with Crippen LogP contribution in [-0.2, 0) is 7.67 Å². The number of rotatable bonds is 3. The van der Waals surface area contributed by atoms with E-state index in [1.165, 1.54) is 0 Å². The topological polar surface area (TPSA) is 118 Å². The van der Waals surface area contributed by atoms with Gasteiger partial charge in [0.1, 0.15) is 0 Å². The molecule has 0 aliphatic carbocycles. The van der Waals surface area contributed by atoms with Gasteiger partial charge < -0.3 is 0 Å². The summed E-state index contributed by atoms with van der Waals surface area (Å²) in [4.78, 5) is 0. The summed E-state index contributed by atoms with van der Waals surface area (Å²) in [7, 11) is 0. The van der Waals surface area contributed by atoms with Gasteiger partial charge in [0, 0.05) is 0 Å². The smallest absolute Gasteiger partial charge is 1.00 e. The van der Waals surface area contributed by atoms with Gasteiger partial charge in [0.15, 0.2) is 0 Å². The first-order valence-corrected chi connectivity index (χ1v) is 5.20. The predicted octanol–water partition coefficient (Wildman–Crippen LogP) is -6.86. The predicted molar refractivity (Wildman–Crippen MR) is 19.5 cm³/mol. The third-order valence-electron chi connectivity index (χ3n) is 0. The fourth-order valence-electron chi connectivity index (χ4n) is 0. The van der Waals surface area contributed by atoms with Crippen LogP contribution in [0, 0.1) is 0 Å². The van der Waals surface area contributed by atoms with Crippen LogP contribution >= 0.6 is 0 Å². The van der Waals surface area contributed by atoms with Gasteiger partial charge in [0.25, 0.3) is 0 Å². The van der Waals surface area contributed by atoms with Crippen molar-refractivity contribution in [2.75, 3.05) is 0 Å². The Balaban J connectivity index is -0.000000126. The minimum atomic E-state index is -3.38. The van der Waals surface area contributed by atoms with Crippen molar-refractivity contribution in [3.05, 3.63) is 0 Å². The van der Waals surface area contributed by atoms with Crippen molar-refractivity contribution >= 4 is 29.0 Å². The molecule has 0 saturated carbocycles. The van der Waals surface area contributed by atoms with Gasteiger partial charge in [-0.3, -0.25) is 0 Å². The van der Waals surface area contributed by atoms with E-state index in [-0.39, 0.29) is 18.9 Å². The summed E-state index contributed by atoms with van der Waals surface area (Å²) in [6.45, 7) is 0. The molecule has 0 spiro atoms. The molecule has 0 radical (unpaired) electrons. The zero-order valence-electron chi connectivity index (χ0n) is 7.27. The Hall–Kier alpha value is 1.08. The first-order chi connectivity index (χ1) is 5.08. The zero-order chi connectivity index (χ0) is 9.28. The third kappa shape index (κ3) is 392. The minimum Gasteiger partial charge on any atom is 1.00 e. The standard InChI is InChI=1S/Li.2H2O3Se/c;2*1-4(2)3/h;2*(H2,1,2,3)/q+1;;/p-1/i/hD3. The first kappa shape index (κ1) is 8.18. The molecule has 0 saturated heterocycles. The molecule has 0 aliphatic rings. The van der Waals surface area contributed by atoms with Gasteiger partial charge in [-0.15, -0.1) is 0 Å². The van der Waals surface area contributed by atoms with E-state index in [1.54, 1.807) is 0 Å². The molecule has 0 fully saturated rings. The van der Waals surface area contributed by atoms with E-state index in [0.29, 0.717) is 0 Å². The molecule has 0 rings (SSSR count). The first-order valence-electron chi connectivity index (χ1n) is 2.22. The Morgan fingerprint density at radius 1 is 1.33 bits per heavy atom. The molecular weight excluding hydrogens is 261 g/mol. The van der Waals surface area contributed by atoms with E-state index in [0.717, 1.165) is 0 Å². The van der Waals surface area contributed by atoms with Crippen molar-refractivity contribution < 1.29 is 43.3 Å². The maximum atomic E-state index is 9.57. The molecule has 0 aromatic carbocycles. The molecule has 52 valence electrons. The molecular formula is H3LiO6Se2. The largest absolute Gasteiger partial charge is 1.00 e. The van der Waals surface area contributed by atoms with Crippen molar-refractivity contribution in [2.24, 2.45) is 0 Å². The van der Waals surface area contributed by atoms with Crippen LogP contribution in [0.4, 0.5) is 0 Å². The van der Waals surface area contributed by atoms with Crippen molar-refractivity contribution in [3.8, 4) is 0 Å². The van der Waals surface area contributed by atoms with E-state index >= 15 is 0 Å². The monoisotopic (exact) mass is 269 g/mol. The molecule has 9 heteroatoms. The van der Waals surface area contributed by atoms with E-state index < -0.39 is 29.0 Å². The van der Waals surface area contributed by atoms with E-state index in [2.05, 4.69) is 12.6 Å². The maximum absolute atomic E-state index is 9.57. The van der Waals surface area contributed by atoms with Gasteiger partial charge in [0.2, 0.25) is 0 Å². The molecule has 3 N–H and O–H groups in total. The molecule has 1 atom stereocenters. The molecule has 0 aromatic rings. The van der Waals surface area contributed by atoms with E-state index in [4.69, 9.17) is 12.3 Å². The normalized spacial score (nSPS) is 15.1. The quantitative estimate of drug-likeness (QED) is 0.437. The van der Waals surface area contributed by atoms with Gasteiger partial charge in [-0.25, -0.2) is 0 Å². The SMILES string of the molecule is [2H]O[Se](=O)O[2H].[2H]O[Se](=O)[O-].[Li+]. The minimum absolute atomic E-state index is 0. The zero-order valence-corrected chi connectivity index (χ0v) is 7.69. The summed E-state index contributed by atoms with van der Waals surface area (Å²) in [6.07, 6.45) is 0. The van der Waals surface area contributed by atoms with Gasteiger partial charge in [-0.05, 0) is 0 Å². The Morgan fingerprint density at radius 3 is 1.67 bits per heavy atom. The average molecular weight is 267 g/mol. The maximum Gasteiger partial charge on any atom is 1.00 e. The molecule has 0 heterocycles. The molecule has 0 aromatic heterocycles. The van der Waals surface area contributed by atoms with Crippen LogP contribution in [-0.4, -0.2) is 45.9 Å². The second-order valence-electron chi connectivity index (χ2n) is 0.408. The van der Waals surface area contributed by atoms with Crippen LogP contribution in [0.1, 0.15) is 0 Å². The second-order valence-corrected chi connectivity index (χ2v) is 2.12. The number of hydrogen-bond donors (Lipinski definition) is 3. The summed E-state index contributed by atoms with van der Waals surface area (Å²) in [5, 5.41) is 0. The van der Waals surface area contributed by atoms with E-state index in [1.807, 2.05) is 0 Å². The van der Waals surface area contributed by atoms with Gasteiger partial charge >= 0.3 is 76.6 Å². The number of hydrogen-bond acceptors (Lipinski definition) is 6. The summed E-state index contributed by atoms with van der Waals surface area (Å²) < 4.78 is 54.5. The van der Waals surface area contributed by atoms with Crippen LogP contribution in [0.5, 0.6) is 0 Å². The Kier molecular flexibility index (Phi) is 10.7. The van der Waals surface area contributed by atoms with Crippen molar-refractivity contribution in [1.82, 2.24) is 0 Å². The van der Waals surface area contributed by atoms with E-state index in [9.17, 15) is 3.83 Å². The molecule has 9 heavy (non-hydrogen) atoms. The van der Waals surface area contributed by atoms with Gasteiger partial charge in [-0.2, -0.15) is 0 Å². The van der Waals surface area contributed by atoms with Crippen LogP contribution in [0.15, 0.2) is 0 Å². The van der Waals surface area contributed by atoms with Crippen LogP contribution in [0.25, 0.3) is 0 Å². The molecule has 0 amide bonds. The molecule has 0 aliphatic heterocycles. The van der Waals surface area contributed by atoms with Crippen LogP contribution in [0.2, 0.25) is 0 Å². The summed E-state index contributed by atoms with van der Waals surface area (Å²) >= 11 is -6.35. The Labute approximate surface area is 76.6 Å². The fraction of sp³-hybridized carbons (Fsp3) is 0. The van der Waals surface area contributed by atoms with Crippen molar-refractivity contribution in [2.45, 2.75) is 0 Å². The Morgan fingerprint density at radius 2 is 1.67 bits per heavy atom. The average Bonchev–Trinajstić information content (AvgIpc) is 2.04.